The number of nitrogens with zero attached hydrogens (tertiary/aromatic N) is 1. The molecule has 6 nitrogen and oxygen atoms in total. The summed E-state index contributed by atoms with van der Waals surface area (Å²) in [6.07, 6.45) is 2.56. The number of hydrogen-bond donors (Lipinski definition) is 2. The van der Waals surface area contributed by atoms with Crippen molar-refractivity contribution < 1.29 is 14.4 Å². The molecule has 3 N–H and O–H groups in total. The molecule has 0 bridgehead atoms. The first-order valence-corrected chi connectivity index (χ1v) is 10.5. The van der Waals surface area contributed by atoms with E-state index in [4.69, 9.17) is 17.3 Å². The Morgan fingerprint density at radius 1 is 1.07 bits per heavy atom. The maximum absolute atomic E-state index is 12.8. The number of nitrogens with one attached hydrogen (secondary N) is 1. The highest BCUT2D eigenvalue weighted by atomic mass is 35.5. The average molecular weight is 428 g/mol. The summed E-state index contributed by atoms with van der Waals surface area (Å²) in [5, 5.41) is 3.45. The minimum atomic E-state index is -0.276. The monoisotopic (exact) mass is 427 g/mol. The van der Waals surface area contributed by atoms with Gasteiger partial charge in [-0.1, -0.05) is 29.8 Å². The average Bonchev–Trinajstić information content (AvgIpc) is 2.77. The number of ketones is 1. The van der Waals surface area contributed by atoms with Crippen molar-refractivity contribution in [3.05, 3.63) is 70.2 Å². The third-order valence-corrected chi connectivity index (χ3v) is 5.62. The van der Waals surface area contributed by atoms with Crippen molar-refractivity contribution in [1.29, 1.82) is 0 Å². The van der Waals surface area contributed by atoms with Crippen molar-refractivity contribution in [2.75, 3.05) is 26.2 Å². The van der Waals surface area contributed by atoms with Crippen LogP contribution >= 0.6 is 11.6 Å². The smallest absolute Gasteiger partial charge is 0.252 e. The third-order valence-electron chi connectivity index (χ3n) is 5.37. The van der Waals surface area contributed by atoms with Crippen LogP contribution in [0.1, 0.15) is 45.5 Å². The number of halogens is 1. The number of primary amides is 1. The lowest BCUT2D eigenvalue weighted by atomic mass is 9.97. The molecule has 0 radical (unpaired) electrons. The lowest BCUT2D eigenvalue weighted by Gasteiger charge is -2.31. The van der Waals surface area contributed by atoms with Gasteiger partial charge in [0.1, 0.15) is 0 Å². The van der Waals surface area contributed by atoms with Gasteiger partial charge in [-0.15, -0.1) is 0 Å². The van der Waals surface area contributed by atoms with Gasteiger partial charge in [-0.25, -0.2) is 0 Å². The van der Waals surface area contributed by atoms with E-state index in [2.05, 4.69) is 10.2 Å². The second kappa shape index (κ2) is 10.4. The summed E-state index contributed by atoms with van der Waals surface area (Å²) in [4.78, 5) is 39.1. The molecule has 1 heterocycles. The molecule has 0 aliphatic carbocycles. The molecule has 7 heteroatoms. The van der Waals surface area contributed by atoms with Gasteiger partial charge in [0.05, 0.1) is 11.5 Å². The topological polar surface area (TPSA) is 92.5 Å². The van der Waals surface area contributed by atoms with Crippen LogP contribution < -0.4 is 11.1 Å². The van der Waals surface area contributed by atoms with E-state index in [9.17, 15) is 14.4 Å². The fraction of sp³-hybridized carbons (Fsp3) is 0.348. The van der Waals surface area contributed by atoms with Crippen molar-refractivity contribution in [1.82, 2.24) is 10.2 Å². The normalized spacial score (nSPS) is 16.8. The molecule has 0 saturated carbocycles. The molecule has 1 saturated heterocycles. The van der Waals surface area contributed by atoms with Crippen molar-refractivity contribution in [3.63, 3.8) is 0 Å². The van der Waals surface area contributed by atoms with Crippen LogP contribution in [0.3, 0.4) is 0 Å². The van der Waals surface area contributed by atoms with E-state index in [-0.39, 0.29) is 23.5 Å². The van der Waals surface area contributed by atoms with E-state index >= 15 is 0 Å². The lowest BCUT2D eigenvalue weighted by Crippen LogP contribution is -2.42. The van der Waals surface area contributed by atoms with Crippen molar-refractivity contribution in [2.45, 2.75) is 19.3 Å². The molecule has 2 aromatic rings. The molecule has 2 amide bonds. The minimum Gasteiger partial charge on any atom is -0.369 e. The molecule has 158 valence electrons. The SMILES string of the molecule is NC(=O)C1CCCN(CCCNC(=O)c2ccccc2C(=O)c2ccc(Cl)cc2)C1. The van der Waals surface area contributed by atoms with Gasteiger partial charge in [-0.3, -0.25) is 14.4 Å². The van der Waals surface area contributed by atoms with Crippen LogP contribution in [0, 0.1) is 5.92 Å². The lowest BCUT2D eigenvalue weighted by molar-refractivity contribution is -0.123. The zero-order valence-electron chi connectivity index (χ0n) is 16.8. The Hall–Kier alpha value is -2.70. The largest absolute Gasteiger partial charge is 0.369 e. The molecule has 30 heavy (non-hydrogen) atoms. The van der Waals surface area contributed by atoms with Gasteiger partial charge in [-0.2, -0.15) is 0 Å². The summed E-state index contributed by atoms with van der Waals surface area (Å²) in [6, 6.07) is 13.4. The Balaban J connectivity index is 1.55. The van der Waals surface area contributed by atoms with E-state index in [0.717, 1.165) is 32.4 Å². The quantitative estimate of drug-likeness (QED) is 0.500. The number of rotatable bonds is 8. The standard InChI is InChI=1S/C23H26ClN3O3/c24-18-10-8-16(9-11-18)21(28)19-6-1-2-7-20(19)23(30)26-12-4-14-27-13-3-5-17(15-27)22(25)29/h1-2,6-11,17H,3-5,12-15H2,(H2,25,29)(H,26,30). The van der Waals surface area contributed by atoms with Crippen LogP contribution in [0.25, 0.3) is 0 Å². The molecule has 1 fully saturated rings. The van der Waals surface area contributed by atoms with E-state index in [1.165, 1.54) is 0 Å². The Morgan fingerprint density at radius 2 is 1.77 bits per heavy atom. The maximum atomic E-state index is 12.8. The second-order valence-corrected chi connectivity index (χ2v) is 7.97. The first-order valence-electron chi connectivity index (χ1n) is 10.1. The Bertz CT molecular complexity index is 914. The van der Waals surface area contributed by atoms with Crippen LogP contribution in [0.5, 0.6) is 0 Å². The number of nitrogens with two attached hydrogens (primary N) is 1. The third kappa shape index (κ3) is 5.68. The van der Waals surface area contributed by atoms with Gasteiger partial charge < -0.3 is 16.0 Å². The summed E-state index contributed by atoms with van der Waals surface area (Å²) in [5.74, 6) is -0.821. The molecule has 3 rings (SSSR count). The van der Waals surface area contributed by atoms with Crippen LogP contribution in [0.2, 0.25) is 5.02 Å². The zero-order valence-corrected chi connectivity index (χ0v) is 17.5. The van der Waals surface area contributed by atoms with Gasteiger partial charge in [0, 0.05) is 29.2 Å². The fourth-order valence-electron chi connectivity index (χ4n) is 3.73. The first kappa shape index (κ1) is 22.0. The number of amides is 2. The Kier molecular flexibility index (Phi) is 7.60. The molecular weight excluding hydrogens is 402 g/mol. The van der Waals surface area contributed by atoms with Crippen LogP contribution in [0.4, 0.5) is 0 Å². The first-order chi connectivity index (χ1) is 14.5. The van der Waals surface area contributed by atoms with Crippen molar-refractivity contribution in [2.24, 2.45) is 11.7 Å². The Labute approximate surface area is 181 Å². The van der Waals surface area contributed by atoms with Crippen LogP contribution in [-0.4, -0.2) is 48.7 Å². The van der Waals surface area contributed by atoms with Crippen molar-refractivity contribution in [3.8, 4) is 0 Å². The van der Waals surface area contributed by atoms with E-state index in [1.54, 1.807) is 48.5 Å². The zero-order chi connectivity index (χ0) is 21.5. The Morgan fingerprint density at radius 3 is 2.47 bits per heavy atom. The summed E-state index contributed by atoms with van der Waals surface area (Å²) < 4.78 is 0. The number of likely N-dealkylation sites (tertiary alicyclic amines) is 1. The predicted octanol–water partition coefficient (Wildman–Crippen LogP) is 2.89. The molecule has 1 aliphatic rings. The maximum Gasteiger partial charge on any atom is 0.252 e. The van der Waals surface area contributed by atoms with E-state index in [1.807, 2.05) is 0 Å². The molecule has 1 atom stereocenters. The van der Waals surface area contributed by atoms with Gasteiger partial charge in [0.2, 0.25) is 5.91 Å². The summed E-state index contributed by atoms with van der Waals surface area (Å²) in [6.45, 7) is 2.90. The highest BCUT2D eigenvalue weighted by Crippen LogP contribution is 2.18. The number of piperidine rings is 1. The highest BCUT2D eigenvalue weighted by molar-refractivity contribution is 6.30. The number of carbonyl (C=O) groups excluding carboxylic acids is 3. The van der Waals surface area contributed by atoms with E-state index < -0.39 is 0 Å². The fourth-order valence-corrected chi connectivity index (χ4v) is 3.85. The molecule has 1 unspecified atom stereocenters. The summed E-state index contributed by atoms with van der Waals surface area (Å²) in [7, 11) is 0. The van der Waals surface area contributed by atoms with Gasteiger partial charge >= 0.3 is 0 Å². The van der Waals surface area contributed by atoms with Crippen LogP contribution in [-0.2, 0) is 4.79 Å². The summed E-state index contributed by atoms with van der Waals surface area (Å²) in [5.41, 5.74) is 6.61. The van der Waals surface area contributed by atoms with Gasteiger partial charge in [-0.05, 0) is 62.7 Å². The van der Waals surface area contributed by atoms with Gasteiger partial charge in [0.25, 0.3) is 5.91 Å². The number of benzene rings is 2. The molecule has 0 aromatic heterocycles. The molecule has 2 aromatic carbocycles. The van der Waals surface area contributed by atoms with Gasteiger partial charge in [0.15, 0.2) is 5.78 Å². The second-order valence-electron chi connectivity index (χ2n) is 7.53. The summed E-state index contributed by atoms with van der Waals surface area (Å²) >= 11 is 5.89. The highest BCUT2D eigenvalue weighted by Gasteiger charge is 2.23. The predicted molar refractivity (Wildman–Crippen MR) is 117 cm³/mol. The van der Waals surface area contributed by atoms with Crippen LogP contribution in [0.15, 0.2) is 48.5 Å². The van der Waals surface area contributed by atoms with Crippen molar-refractivity contribution >= 4 is 29.2 Å². The molecular formula is C23H26ClN3O3. The number of carbonyl (C=O) groups is 3. The number of hydrogen-bond acceptors (Lipinski definition) is 4. The van der Waals surface area contributed by atoms with E-state index in [0.29, 0.717) is 34.8 Å². The molecule has 1 aliphatic heterocycles. The minimum absolute atomic E-state index is 0.0842. The molecule has 0 spiro atoms.